The Hall–Kier alpha value is -1.30. The van der Waals surface area contributed by atoms with Crippen LogP contribution in [0.5, 0.6) is 0 Å². The van der Waals surface area contributed by atoms with Crippen molar-refractivity contribution in [1.82, 2.24) is 14.7 Å². The summed E-state index contributed by atoms with van der Waals surface area (Å²) in [5, 5.41) is 0.820. The van der Waals surface area contributed by atoms with Gasteiger partial charge < -0.3 is 9.80 Å². The lowest BCUT2D eigenvalue weighted by Crippen LogP contribution is -2.56. The Morgan fingerprint density at radius 2 is 1.74 bits per heavy atom. The summed E-state index contributed by atoms with van der Waals surface area (Å²) in [5.74, 6) is 0.305. The van der Waals surface area contributed by atoms with E-state index in [0.717, 1.165) is 69.0 Å². The van der Waals surface area contributed by atoms with Crippen molar-refractivity contribution in [3.63, 3.8) is 0 Å². The molecule has 2 saturated heterocycles. The highest BCUT2D eigenvalue weighted by Gasteiger charge is 2.30. The van der Waals surface area contributed by atoms with Crippen molar-refractivity contribution < 1.29 is 4.79 Å². The Labute approximate surface area is 167 Å². The Morgan fingerprint density at radius 3 is 2.33 bits per heavy atom. The van der Waals surface area contributed by atoms with E-state index in [-0.39, 0.29) is 0 Å². The molecule has 148 valence electrons. The molecule has 2 heterocycles. The summed E-state index contributed by atoms with van der Waals surface area (Å²) in [6, 6.07) is 7.03. The van der Waals surface area contributed by atoms with Crippen LogP contribution >= 0.6 is 11.6 Å². The Balaban J connectivity index is 1.22. The van der Waals surface area contributed by atoms with Gasteiger partial charge in [0.15, 0.2) is 0 Å². The predicted octanol–water partition coefficient (Wildman–Crippen LogP) is 2.47. The number of benzene rings is 1. The summed E-state index contributed by atoms with van der Waals surface area (Å²) in [6.07, 6.45) is 4.09. The molecule has 0 spiro atoms. The van der Waals surface area contributed by atoms with Gasteiger partial charge in [0.25, 0.3) is 0 Å². The average molecular weight is 391 g/mol. The number of hydrogen-bond donors (Lipinski definition) is 0. The van der Waals surface area contributed by atoms with Crippen molar-refractivity contribution in [3.8, 4) is 0 Å². The Kier molecular flexibility index (Phi) is 5.90. The number of halogens is 1. The summed E-state index contributed by atoms with van der Waals surface area (Å²) in [6.45, 7) is 10.3. The normalized spacial score (nSPS) is 22.7. The summed E-state index contributed by atoms with van der Waals surface area (Å²) in [7, 11) is 0. The number of aryl methyl sites for hydroxylation is 1. The second kappa shape index (κ2) is 8.38. The zero-order valence-electron chi connectivity index (χ0n) is 16.4. The molecule has 1 aromatic rings. The Morgan fingerprint density at radius 1 is 1.04 bits per heavy atom. The van der Waals surface area contributed by atoms with Crippen molar-refractivity contribution in [2.24, 2.45) is 0 Å². The first kappa shape index (κ1) is 19.0. The molecule has 5 nitrogen and oxygen atoms in total. The van der Waals surface area contributed by atoms with Crippen LogP contribution in [0.3, 0.4) is 0 Å². The fraction of sp³-hybridized carbons (Fsp3) is 0.667. The van der Waals surface area contributed by atoms with Crippen LogP contribution in [0.4, 0.5) is 5.69 Å². The second-order valence-corrected chi connectivity index (χ2v) is 8.61. The van der Waals surface area contributed by atoms with Crippen LogP contribution < -0.4 is 4.90 Å². The Bertz CT molecular complexity index is 662. The summed E-state index contributed by atoms with van der Waals surface area (Å²) in [5.41, 5.74) is 2.35. The highest BCUT2D eigenvalue weighted by molar-refractivity contribution is 6.31. The lowest BCUT2D eigenvalue weighted by Gasteiger charge is -2.43. The number of piperazine rings is 2. The van der Waals surface area contributed by atoms with E-state index in [2.05, 4.69) is 31.7 Å². The second-order valence-electron chi connectivity index (χ2n) is 8.20. The van der Waals surface area contributed by atoms with Crippen molar-refractivity contribution in [1.29, 1.82) is 0 Å². The van der Waals surface area contributed by atoms with Gasteiger partial charge >= 0.3 is 0 Å². The molecule has 0 bridgehead atoms. The maximum absolute atomic E-state index is 12.7. The first-order valence-corrected chi connectivity index (χ1v) is 10.7. The molecule has 3 aliphatic rings. The predicted molar refractivity (Wildman–Crippen MR) is 111 cm³/mol. The molecule has 1 saturated carbocycles. The van der Waals surface area contributed by atoms with Gasteiger partial charge in [-0.3, -0.25) is 14.6 Å². The average Bonchev–Trinajstić information content (AvgIpc) is 2.64. The van der Waals surface area contributed by atoms with E-state index in [1.807, 2.05) is 13.0 Å². The molecule has 4 rings (SSSR count). The zero-order valence-corrected chi connectivity index (χ0v) is 17.1. The van der Waals surface area contributed by atoms with E-state index in [9.17, 15) is 4.79 Å². The molecule has 0 atom stereocenters. The van der Waals surface area contributed by atoms with Gasteiger partial charge in [-0.1, -0.05) is 18.0 Å². The van der Waals surface area contributed by atoms with E-state index in [1.54, 1.807) is 0 Å². The van der Waals surface area contributed by atoms with Gasteiger partial charge in [-0.05, 0) is 43.5 Å². The molecule has 1 aliphatic carbocycles. The minimum absolute atomic E-state index is 0.305. The molecule has 3 fully saturated rings. The van der Waals surface area contributed by atoms with E-state index in [4.69, 9.17) is 11.6 Å². The third-order valence-corrected chi connectivity index (χ3v) is 6.92. The molecule has 1 amide bonds. The minimum atomic E-state index is 0.305. The monoisotopic (exact) mass is 390 g/mol. The lowest BCUT2D eigenvalue weighted by molar-refractivity contribution is -0.134. The smallest absolute Gasteiger partial charge is 0.236 e. The third-order valence-electron chi connectivity index (χ3n) is 6.50. The number of carbonyl (C=O) groups is 1. The maximum atomic E-state index is 12.7. The number of hydrogen-bond acceptors (Lipinski definition) is 4. The summed E-state index contributed by atoms with van der Waals surface area (Å²) in [4.78, 5) is 22.1. The zero-order chi connectivity index (χ0) is 18.8. The van der Waals surface area contributed by atoms with Crippen LogP contribution in [0.25, 0.3) is 0 Å². The van der Waals surface area contributed by atoms with Gasteiger partial charge in [0.2, 0.25) is 5.91 Å². The molecule has 1 aromatic carbocycles. The maximum Gasteiger partial charge on any atom is 0.236 e. The molecule has 0 unspecified atom stereocenters. The molecular formula is C21H31ClN4O. The van der Waals surface area contributed by atoms with Crippen LogP contribution in [-0.2, 0) is 4.79 Å². The van der Waals surface area contributed by atoms with Crippen LogP contribution in [0.15, 0.2) is 18.2 Å². The van der Waals surface area contributed by atoms with Crippen LogP contribution in [0.2, 0.25) is 5.02 Å². The highest BCUT2D eigenvalue weighted by Crippen LogP contribution is 2.26. The molecule has 6 heteroatoms. The quantitative estimate of drug-likeness (QED) is 0.790. The standard InChI is InChI=1S/C21H31ClN4O/c1-17-15-19(5-6-20(17)22)25-9-7-23(8-10-25)16-21(27)26-13-11-24(12-14-26)18-3-2-4-18/h5-6,15,18H,2-4,7-14,16H2,1H3. The van der Waals surface area contributed by atoms with Gasteiger partial charge in [-0.25, -0.2) is 0 Å². The largest absolute Gasteiger partial charge is 0.369 e. The van der Waals surface area contributed by atoms with Crippen LogP contribution in [0, 0.1) is 6.92 Å². The first-order chi connectivity index (χ1) is 13.1. The molecule has 27 heavy (non-hydrogen) atoms. The first-order valence-electron chi connectivity index (χ1n) is 10.4. The lowest BCUT2D eigenvalue weighted by atomic mass is 9.91. The third kappa shape index (κ3) is 4.41. The van der Waals surface area contributed by atoms with Crippen LogP contribution in [0.1, 0.15) is 24.8 Å². The number of carbonyl (C=O) groups excluding carboxylic acids is 1. The van der Waals surface area contributed by atoms with E-state index < -0.39 is 0 Å². The van der Waals surface area contributed by atoms with Crippen LogP contribution in [-0.4, -0.2) is 85.6 Å². The van der Waals surface area contributed by atoms with E-state index in [0.29, 0.717) is 12.5 Å². The highest BCUT2D eigenvalue weighted by atomic mass is 35.5. The number of anilines is 1. The number of amides is 1. The van der Waals surface area contributed by atoms with E-state index in [1.165, 1.54) is 24.9 Å². The van der Waals surface area contributed by atoms with Gasteiger partial charge in [-0.15, -0.1) is 0 Å². The molecule has 0 aromatic heterocycles. The fourth-order valence-electron chi connectivity index (χ4n) is 4.37. The van der Waals surface area contributed by atoms with Gasteiger partial charge in [-0.2, -0.15) is 0 Å². The van der Waals surface area contributed by atoms with Crippen molar-refractivity contribution >= 4 is 23.2 Å². The number of nitrogens with zero attached hydrogens (tertiary/aromatic N) is 4. The van der Waals surface area contributed by atoms with Gasteiger partial charge in [0.05, 0.1) is 6.54 Å². The topological polar surface area (TPSA) is 30.0 Å². The SMILES string of the molecule is Cc1cc(N2CCN(CC(=O)N3CCN(C4CCC4)CC3)CC2)ccc1Cl. The van der Waals surface area contributed by atoms with Crippen molar-refractivity contribution in [3.05, 3.63) is 28.8 Å². The number of rotatable bonds is 4. The van der Waals surface area contributed by atoms with Crippen molar-refractivity contribution in [2.75, 3.05) is 63.8 Å². The molecule has 2 aliphatic heterocycles. The molecule has 0 radical (unpaired) electrons. The summed E-state index contributed by atoms with van der Waals surface area (Å²) >= 11 is 6.14. The van der Waals surface area contributed by atoms with Gasteiger partial charge in [0.1, 0.15) is 0 Å². The molecular weight excluding hydrogens is 360 g/mol. The minimum Gasteiger partial charge on any atom is -0.369 e. The summed E-state index contributed by atoms with van der Waals surface area (Å²) < 4.78 is 0. The molecule has 0 N–H and O–H groups in total. The van der Waals surface area contributed by atoms with E-state index >= 15 is 0 Å². The fourth-order valence-corrected chi connectivity index (χ4v) is 4.49. The van der Waals surface area contributed by atoms with Gasteiger partial charge in [0, 0.05) is 69.1 Å². The van der Waals surface area contributed by atoms with Crippen molar-refractivity contribution in [2.45, 2.75) is 32.2 Å².